The largest absolute Gasteiger partial charge is 0.372 e. The van der Waals surface area contributed by atoms with Crippen molar-refractivity contribution in [2.45, 2.75) is 19.4 Å². The van der Waals surface area contributed by atoms with Crippen LogP contribution in [-0.2, 0) is 11.2 Å². The molecule has 0 aliphatic carbocycles. The van der Waals surface area contributed by atoms with Gasteiger partial charge in [0.25, 0.3) is 0 Å². The average Bonchev–Trinajstić information content (AvgIpc) is 2.89. The molecule has 18 heavy (non-hydrogen) atoms. The van der Waals surface area contributed by atoms with E-state index in [-0.39, 0.29) is 6.10 Å². The van der Waals surface area contributed by atoms with Crippen molar-refractivity contribution >= 4 is 11.3 Å². The number of rotatable bonds is 6. The number of ether oxygens (including phenoxy) is 1. The third kappa shape index (κ3) is 3.42. The van der Waals surface area contributed by atoms with Gasteiger partial charge in [-0.1, -0.05) is 30.3 Å². The minimum Gasteiger partial charge on any atom is -0.372 e. The second kappa shape index (κ2) is 6.69. The van der Waals surface area contributed by atoms with E-state index in [1.807, 2.05) is 12.1 Å². The summed E-state index contributed by atoms with van der Waals surface area (Å²) in [5.41, 5.74) is 8.25. The number of thiophene rings is 1. The Hall–Kier alpha value is -1.16. The van der Waals surface area contributed by atoms with Crippen molar-refractivity contribution in [3.63, 3.8) is 0 Å². The molecule has 0 aliphatic rings. The van der Waals surface area contributed by atoms with Crippen LogP contribution in [0.5, 0.6) is 0 Å². The number of nitrogens with two attached hydrogens (primary N) is 1. The van der Waals surface area contributed by atoms with Crippen molar-refractivity contribution in [3.8, 4) is 0 Å². The summed E-state index contributed by atoms with van der Waals surface area (Å²) in [6.07, 6.45) is 0.964. The normalized spacial score (nSPS) is 12.6. The maximum absolute atomic E-state index is 5.91. The zero-order chi connectivity index (χ0) is 12.8. The van der Waals surface area contributed by atoms with Crippen molar-refractivity contribution in [2.24, 2.45) is 5.73 Å². The summed E-state index contributed by atoms with van der Waals surface area (Å²) in [4.78, 5) is 1.36. The number of benzene rings is 1. The van der Waals surface area contributed by atoms with Crippen LogP contribution in [0.3, 0.4) is 0 Å². The SMILES string of the molecule is Cc1ccccc1C(CN)OCCc1cccs1. The number of hydrogen-bond acceptors (Lipinski definition) is 3. The molecule has 0 amide bonds. The summed E-state index contributed by atoms with van der Waals surface area (Å²) in [6.45, 7) is 3.34. The minimum absolute atomic E-state index is 0.00571. The minimum atomic E-state index is 0.00571. The van der Waals surface area contributed by atoms with Crippen LogP contribution < -0.4 is 5.73 Å². The first kappa shape index (κ1) is 13.3. The molecule has 2 aromatic rings. The van der Waals surface area contributed by atoms with Gasteiger partial charge in [0.1, 0.15) is 0 Å². The molecule has 1 unspecified atom stereocenters. The van der Waals surface area contributed by atoms with Crippen molar-refractivity contribution in [3.05, 3.63) is 57.8 Å². The summed E-state index contributed by atoms with van der Waals surface area (Å²) in [7, 11) is 0. The Bertz CT molecular complexity index is 467. The van der Waals surface area contributed by atoms with Crippen LogP contribution in [0.1, 0.15) is 22.1 Å². The molecule has 96 valence electrons. The molecule has 0 spiro atoms. The van der Waals surface area contributed by atoms with E-state index in [0.717, 1.165) is 13.0 Å². The second-order valence-electron chi connectivity index (χ2n) is 4.28. The van der Waals surface area contributed by atoms with Gasteiger partial charge in [-0.15, -0.1) is 11.3 Å². The van der Waals surface area contributed by atoms with Crippen LogP contribution in [0.4, 0.5) is 0 Å². The maximum Gasteiger partial charge on any atom is 0.0949 e. The van der Waals surface area contributed by atoms with E-state index in [0.29, 0.717) is 6.54 Å². The van der Waals surface area contributed by atoms with Crippen LogP contribution in [-0.4, -0.2) is 13.2 Å². The van der Waals surface area contributed by atoms with Crippen LogP contribution in [0.25, 0.3) is 0 Å². The highest BCUT2D eigenvalue weighted by Crippen LogP contribution is 2.20. The van der Waals surface area contributed by atoms with Gasteiger partial charge in [0, 0.05) is 17.8 Å². The fourth-order valence-corrected chi connectivity index (χ4v) is 2.68. The monoisotopic (exact) mass is 261 g/mol. The Morgan fingerprint density at radius 1 is 1.22 bits per heavy atom. The lowest BCUT2D eigenvalue weighted by Crippen LogP contribution is -2.18. The Kier molecular flexibility index (Phi) is 4.93. The molecule has 2 rings (SSSR count). The van der Waals surface area contributed by atoms with Crippen LogP contribution >= 0.6 is 11.3 Å². The molecule has 3 heteroatoms. The summed E-state index contributed by atoms with van der Waals surface area (Å²) >= 11 is 1.77. The molecule has 0 radical (unpaired) electrons. The van der Waals surface area contributed by atoms with Gasteiger partial charge in [-0.25, -0.2) is 0 Å². The number of aryl methyl sites for hydroxylation is 1. The highest BCUT2D eigenvalue weighted by Gasteiger charge is 2.11. The van der Waals surface area contributed by atoms with Crippen molar-refractivity contribution in [1.29, 1.82) is 0 Å². The summed E-state index contributed by atoms with van der Waals surface area (Å²) < 4.78 is 5.91. The van der Waals surface area contributed by atoms with Crippen LogP contribution in [0.2, 0.25) is 0 Å². The summed E-state index contributed by atoms with van der Waals surface area (Å²) in [5.74, 6) is 0. The zero-order valence-electron chi connectivity index (χ0n) is 10.6. The van der Waals surface area contributed by atoms with E-state index in [4.69, 9.17) is 10.5 Å². The van der Waals surface area contributed by atoms with Crippen molar-refractivity contribution in [1.82, 2.24) is 0 Å². The van der Waals surface area contributed by atoms with Crippen LogP contribution in [0, 0.1) is 6.92 Å². The topological polar surface area (TPSA) is 35.2 Å². The van der Waals surface area contributed by atoms with E-state index in [9.17, 15) is 0 Å². The first-order valence-electron chi connectivity index (χ1n) is 6.21. The highest BCUT2D eigenvalue weighted by molar-refractivity contribution is 7.09. The Balaban J connectivity index is 1.91. The van der Waals surface area contributed by atoms with Gasteiger partial charge in [-0.3, -0.25) is 0 Å². The molecule has 0 bridgehead atoms. The lowest BCUT2D eigenvalue weighted by Gasteiger charge is -2.18. The molecule has 0 saturated heterocycles. The molecule has 1 aromatic carbocycles. The molecular weight excluding hydrogens is 242 g/mol. The fraction of sp³-hybridized carbons (Fsp3) is 0.333. The first-order valence-corrected chi connectivity index (χ1v) is 7.09. The van der Waals surface area contributed by atoms with Gasteiger partial charge >= 0.3 is 0 Å². The summed E-state index contributed by atoms with van der Waals surface area (Å²) in [6, 6.07) is 12.5. The standard InChI is InChI=1S/C15H19NOS/c1-12-5-2-3-7-14(12)15(11-16)17-9-8-13-6-4-10-18-13/h2-7,10,15H,8-9,11,16H2,1H3. The van der Waals surface area contributed by atoms with E-state index in [2.05, 4.69) is 36.6 Å². The molecule has 0 saturated carbocycles. The van der Waals surface area contributed by atoms with Gasteiger partial charge in [0.15, 0.2) is 0 Å². The molecule has 0 aliphatic heterocycles. The molecule has 2 N–H and O–H groups in total. The maximum atomic E-state index is 5.91. The van der Waals surface area contributed by atoms with E-state index >= 15 is 0 Å². The quantitative estimate of drug-likeness (QED) is 0.865. The smallest absolute Gasteiger partial charge is 0.0949 e. The van der Waals surface area contributed by atoms with Crippen molar-refractivity contribution in [2.75, 3.05) is 13.2 Å². The van der Waals surface area contributed by atoms with Gasteiger partial charge < -0.3 is 10.5 Å². The Labute approximate surface area is 112 Å². The fourth-order valence-electron chi connectivity index (χ4n) is 1.99. The molecule has 1 heterocycles. The van der Waals surface area contributed by atoms with E-state index < -0.39 is 0 Å². The van der Waals surface area contributed by atoms with E-state index in [1.165, 1.54) is 16.0 Å². The molecule has 0 fully saturated rings. The zero-order valence-corrected chi connectivity index (χ0v) is 11.5. The third-order valence-electron chi connectivity index (χ3n) is 3.00. The highest BCUT2D eigenvalue weighted by atomic mass is 32.1. The first-order chi connectivity index (χ1) is 8.81. The van der Waals surface area contributed by atoms with E-state index in [1.54, 1.807) is 11.3 Å². The Morgan fingerprint density at radius 2 is 2.06 bits per heavy atom. The number of hydrogen-bond donors (Lipinski definition) is 1. The van der Waals surface area contributed by atoms with Crippen molar-refractivity contribution < 1.29 is 4.74 Å². The van der Waals surface area contributed by atoms with Gasteiger partial charge in [0.05, 0.1) is 12.7 Å². The molecule has 1 atom stereocenters. The third-order valence-corrected chi connectivity index (χ3v) is 3.93. The van der Waals surface area contributed by atoms with Gasteiger partial charge in [-0.05, 0) is 29.5 Å². The molecule has 2 nitrogen and oxygen atoms in total. The average molecular weight is 261 g/mol. The second-order valence-corrected chi connectivity index (χ2v) is 5.31. The van der Waals surface area contributed by atoms with Gasteiger partial charge in [0.2, 0.25) is 0 Å². The van der Waals surface area contributed by atoms with Gasteiger partial charge in [-0.2, -0.15) is 0 Å². The lowest BCUT2D eigenvalue weighted by molar-refractivity contribution is 0.0608. The Morgan fingerprint density at radius 3 is 2.72 bits per heavy atom. The molecular formula is C15H19NOS. The van der Waals surface area contributed by atoms with Crippen LogP contribution in [0.15, 0.2) is 41.8 Å². The predicted octanol–water partition coefficient (Wildman–Crippen LogP) is 3.32. The lowest BCUT2D eigenvalue weighted by atomic mass is 10.0. The summed E-state index contributed by atoms with van der Waals surface area (Å²) in [5, 5.41) is 2.09. The molecule has 1 aromatic heterocycles. The predicted molar refractivity (Wildman–Crippen MR) is 76.9 cm³/mol.